The van der Waals surface area contributed by atoms with Crippen LogP contribution < -0.4 is 5.32 Å². The Kier molecular flexibility index (Phi) is 3.56. The molecule has 5 heteroatoms. The molecule has 0 fully saturated rings. The Morgan fingerprint density at radius 2 is 1.91 bits per heavy atom. The van der Waals surface area contributed by atoms with Crippen LogP contribution in [0.2, 0.25) is 5.02 Å². The predicted molar refractivity (Wildman–Crippen MR) is 98.0 cm³/mol. The van der Waals surface area contributed by atoms with E-state index in [0.717, 1.165) is 38.3 Å². The monoisotopic (exact) mass is 339 g/mol. The van der Waals surface area contributed by atoms with Gasteiger partial charge in [-0.25, -0.2) is 4.98 Å². The summed E-state index contributed by atoms with van der Waals surface area (Å²) in [4.78, 5) is 5.74. The molecule has 0 saturated carbocycles. The lowest BCUT2D eigenvalue weighted by molar-refractivity contribution is 1.22. The van der Waals surface area contributed by atoms with Crippen LogP contribution >= 0.6 is 22.9 Å². The van der Waals surface area contributed by atoms with E-state index in [0.29, 0.717) is 0 Å². The van der Waals surface area contributed by atoms with E-state index in [1.807, 2.05) is 54.9 Å². The molecule has 0 spiro atoms. The number of hydrogen-bond acceptors (Lipinski definition) is 3. The first-order chi connectivity index (χ1) is 11.2. The van der Waals surface area contributed by atoms with Crippen molar-refractivity contribution in [2.24, 2.45) is 0 Å². The highest BCUT2D eigenvalue weighted by Crippen LogP contribution is 2.34. The summed E-state index contributed by atoms with van der Waals surface area (Å²) in [7, 11) is 0. The average Bonchev–Trinajstić information content (AvgIpc) is 3.15. The summed E-state index contributed by atoms with van der Waals surface area (Å²) in [6.07, 6.45) is 2.03. The number of hydrogen-bond donors (Lipinski definition) is 1. The number of nitrogens with zero attached hydrogens (tertiary/aromatic N) is 2. The Bertz CT molecular complexity index is 973. The Labute approximate surface area is 143 Å². The molecule has 0 aliphatic rings. The van der Waals surface area contributed by atoms with E-state index in [1.54, 1.807) is 11.3 Å². The number of halogens is 1. The van der Waals surface area contributed by atoms with E-state index in [2.05, 4.69) is 21.9 Å². The highest BCUT2D eigenvalue weighted by molar-refractivity contribution is 7.15. The standard InChI is InChI=1S/C18H14ClN3S/c1-12-14(19)8-5-9-15(12)20-17-16(13-6-3-2-4-7-13)21-18-22(17)10-11-23-18/h2-11,20H,1H3. The van der Waals surface area contributed by atoms with Crippen LogP contribution in [0.1, 0.15) is 5.56 Å². The van der Waals surface area contributed by atoms with Gasteiger partial charge in [-0.05, 0) is 24.6 Å². The molecule has 2 aromatic heterocycles. The minimum absolute atomic E-state index is 0.752. The fraction of sp³-hybridized carbons (Fsp3) is 0.0556. The maximum atomic E-state index is 6.25. The van der Waals surface area contributed by atoms with Crippen LogP contribution in [-0.2, 0) is 0 Å². The van der Waals surface area contributed by atoms with Crippen molar-refractivity contribution in [2.75, 3.05) is 5.32 Å². The Morgan fingerprint density at radius 3 is 2.74 bits per heavy atom. The molecule has 0 bridgehead atoms. The first-order valence-electron chi connectivity index (χ1n) is 7.27. The molecule has 0 radical (unpaired) electrons. The molecule has 1 N–H and O–H groups in total. The van der Waals surface area contributed by atoms with Gasteiger partial charge in [0.05, 0.1) is 0 Å². The summed E-state index contributed by atoms with van der Waals surface area (Å²) in [5.41, 5.74) is 4.04. The molecule has 2 aromatic carbocycles. The summed E-state index contributed by atoms with van der Waals surface area (Å²) < 4.78 is 2.08. The van der Waals surface area contributed by atoms with Crippen molar-refractivity contribution in [3.05, 3.63) is 70.7 Å². The lowest BCUT2D eigenvalue weighted by atomic mass is 10.1. The number of benzene rings is 2. The summed E-state index contributed by atoms with van der Waals surface area (Å²) in [5, 5.41) is 6.30. The number of anilines is 2. The van der Waals surface area contributed by atoms with Crippen LogP contribution in [0.5, 0.6) is 0 Å². The molecule has 2 heterocycles. The van der Waals surface area contributed by atoms with Crippen molar-refractivity contribution in [1.29, 1.82) is 0 Å². The van der Waals surface area contributed by atoms with Crippen LogP contribution in [-0.4, -0.2) is 9.38 Å². The van der Waals surface area contributed by atoms with Gasteiger partial charge in [0.1, 0.15) is 11.5 Å². The predicted octanol–water partition coefficient (Wildman–Crippen LogP) is 5.77. The first-order valence-corrected chi connectivity index (χ1v) is 8.53. The molecule has 0 aliphatic heterocycles. The zero-order valence-corrected chi connectivity index (χ0v) is 14.0. The minimum Gasteiger partial charge on any atom is -0.339 e. The molecule has 0 amide bonds. The SMILES string of the molecule is Cc1c(Cl)cccc1Nc1c(-c2ccccc2)nc2sccn12. The molecular formula is C18H14ClN3S. The smallest absolute Gasteiger partial charge is 0.195 e. The van der Waals surface area contributed by atoms with Gasteiger partial charge >= 0.3 is 0 Å². The van der Waals surface area contributed by atoms with Crippen LogP contribution in [0.3, 0.4) is 0 Å². The van der Waals surface area contributed by atoms with Gasteiger partial charge in [0.25, 0.3) is 0 Å². The number of imidazole rings is 1. The number of nitrogens with one attached hydrogen (secondary N) is 1. The molecule has 0 unspecified atom stereocenters. The fourth-order valence-corrected chi connectivity index (χ4v) is 3.46. The van der Waals surface area contributed by atoms with Crippen LogP contribution in [0.25, 0.3) is 16.2 Å². The maximum absolute atomic E-state index is 6.25. The van der Waals surface area contributed by atoms with Gasteiger partial charge in [-0.15, -0.1) is 11.3 Å². The van der Waals surface area contributed by atoms with Crippen LogP contribution in [0.4, 0.5) is 11.5 Å². The topological polar surface area (TPSA) is 29.3 Å². The number of rotatable bonds is 3. The third kappa shape index (κ3) is 2.50. The molecule has 4 rings (SSSR count). The normalized spacial score (nSPS) is 11.0. The summed E-state index contributed by atoms with van der Waals surface area (Å²) in [6, 6.07) is 16.1. The van der Waals surface area contributed by atoms with E-state index < -0.39 is 0 Å². The lowest BCUT2D eigenvalue weighted by Gasteiger charge is -2.11. The van der Waals surface area contributed by atoms with E-state index in [4.69, 9.17) is 16.6 Å². The molecule has 0 atom stereocenters. The van der Waals surface area contributed by atoms with E-state index >= 15 is 0 Å². The molecule has 4 aromatic rings. The summed E-state index contributed by atoms with van der Waals surface area (Å²) in [6.45, 7) is 2.01. The Morgan fingerprint density at radius 1 is 1.09 bits per heavy atom. The lowest BCUT2D eigenvalue weighted by Crippen LogP contribution is -1.98. The second-order valence-corrected chi connectivity index (χ2v) is 6.55. The Balaban J connectivity index is 1.88. The molecule has 114 valence electrons. The molecule has 23 heavy (non-hydrogen) atoms. The zero-order chi connectivity index (χ0) is 15.8. The van der Waals surface area contributed by atoms with E-state index in [-0.39, 0.29) is 0 Å². The van der Waals surface area contributed by atoms with Crippen LogP contribution in [0.15, 0.2) is 60.1 Å². The van der Waals surface area contributed by atoms with Gasteiger partial charge in [0, 0.05) is 27.9 Å². The number of fused-ring (bicyclic) bond motifs is 1. The van der Waals surface area contributed by atoms with Gasteiger partial charge in [0.2, 0.25) is 0 Å². The van der Waals surface area contributed by atoms with Crippen molar-refractivity contribution in [3.63, 3.8) is 0 Å². The first kappa shape index (κ1) is 14.3. The number of aromatic nitrogens is 2. The maximum Gasteiger partial charge on any atom is 0.195 e. The quantitative estimate of drug-likeness (QED) is 0.513. The zero-order valence-electron chi connectivity index (χ0n) is 12.5. The third-order valence-corrected chi connectivity index (χ3v) is 5.00. The van der Waals surface area contributed by atoms with Crippen molar-refractivity contribution in [1.82, 2.24) is 9.38 Å². The largest absolute Gasteiger partial charge is 0.339 e. The van der Waals surface area contributed by atoms with E-state index in [9.17, 15) is 0 Å². The summed E-state index contributed by atoms with van der Waals surface area (Å²) in [5.74, 6) is 0.956. The van der Waals surface area contributed by atoms with Gasteiger partial charge in [-0.1, -0.05) is 48.0 Å². The van der Waals surface area contributed by atoms with Crippen molar-refractivity contribution in [3.8, 4) is 11.3 Å². The van der Waals surface area contributed by atoms with Crippen molar-refractivity contribution >= 4 is 39.4 Å². The average molecular weight is 340 g/mol. The van der Waals surface area contributed by atoms with Crippen molar-refractivity contribution < 1.29 is 0 Å². The number of thiazole rings is 1. The van der Waals surface area contributed by atoms with E-state index in [1.165, 1.54) is 0 Å². The highest BCUT2D eigenvalue weighted by Gasteiger charge is 2.16. The minimum atomic E-state index is 0.752. The van der Waals surface area contributed by atoms with Crippen molar-refractivity contribution in [2.45, 2.75) is 6.92 Å². The molecular weight excluding hydrogens is 326 g/mol. The Hall–Kier alpha value is -2.30. The molecule has 0 saturated heterocycles. The van der Waals surface area contributed by atoms with Gasteiger partial charge in [-0.3, -0.25) is 4.40 Å². The fourth-order valence-electron chi connectivity index (χ4n) is 2.57. The highest BCUT2D eigenvalue weighted by atomic mass is 35.5. The van der Waals surface area contributed by atoms with Gasteiger partial charge < -0.3 is 5.32 Å². The van der Waals surface area contributed by atoms with Gasteiger partial charge in [-0.2, -0.15) is 0 Å². The van der Waals surface area contributed by atoms with Gasteiger partial charge in [0.15, 0.2) is 4.96 Å². The summed E-state index contributed by atoms with van der Waals surface area (Å²) >= 11 is 7.87. The molecule has 3 nitrogen and oxygen atoms in total. The molecule has 0 aliphatic carbocycles. The third-order valence-electron chi connectivity index (χ3n) is 3.83. The second kappa shape index (κ2) is 5.72. The second-order valence-electron chi connectivity index (χ2n) is 5.27. The van der Waals surface area contributed by atoms with Crippen LogP contribution in [0, 0.1) is 6.92 Å².